The molecule has 3 heterocycles. The first-order valence-corrected chi connectivity index (χ1v) is 11.3. The summed E-state index contributed by atoms with van der Waals surface area (Å²) in [5.41, 5.74) is 1.75. The minimum atomic E-state index is -0.500. The molecule has 4 aromatic rings. The molecule has 0 saturated carbocycles. The van der Waals surface area contributed by atoms with Crippen LogP contribution in [0.4, 0.5) is 5.82 Å². The lowest BCUT2D eigenvalue weighted by molar-refractivity contribution is -0.146. The number of aromatic nitrogens is 2. The molecular formula is C22H16ClN3O3S2. The average molecular weight is 470 g/mol. The number of rotatable bonds is 7. The van der Waals surface area contributed by atoms with Crippen LogP contribution in [0.2, 0.25) is 5.02 Å². The Hall–Kier alpha value is -3.07. The zero-order valence-electron chi connectivity index (χ0n) is 16.1. The Morgan fingerprint density at radius 1 is 1.06 bits per heavy atom. The molecule has 156 valence electrons. The summed E-state index contributed by atoms with van der Waals surface area (Å²) in [7, 11) is 0. The van der Waals surface area contributed by atoms with Crippen LogP contribution in [0.3, 0.4) is 0 Å². The largest absolute Gasteiger partial charge is 0.455 e. The first-order valence-electron chi connectivity index (χ1n) is 9.24. The second-order valence-electron chi connectivity index (χ2n) is 6.38. The molecule has 0 aliphatic rings. The van der Waals surface area contributed by atoms with Gasteiger partial charge in [-0.2, -0.15) is 0 Å². The van der Waals surface area contributed by atoms with Crippen LogP contribution in [0.15, 0.2) is 66.2 Å². The zero-order chi connectivity index (χ0) is 21.6. The van der Waals surface area contributed by atoms with Crippen LogP contribution in [0.25, 0.3) is 21.1 Å². The summed E-state index contributed by atoms with van der Waals surface area (Å²) in [6.07, 6.45) is 1.45. The van der Waals surface area contributed by atoms with Gasteiger partial charge in [-0.15, -0.1) is 22.7 Å². The smallest absolute Gasteiger partial charge is 0.311 e. The molecule has 1 aromatic carbocycles. The lowest BCUT2D eigenvalue weighted by Gasteiger charge is -2.06. The number of esters is 1. The summed E-state index contributed by atoms with van der Waals surface area (Å²) >= 11 is 8.78. The fourth-order valence-corrected chi connectivity index (χ4v) is 4.72. The Bertz CT molecular complexity index is 1180. The number of nitrogens with one attached hydrogen (secondary N) is 1. The van der Waals surface area contributed by atoms with E-state index in [1.807, 2.05) is 47.8 Å². The molecule has 0 aliphatic heterocycles. The number of nitrogens with zero attached hydrogens (tertiary/aromatic N) is 2. The van der Waals surface area contributed by atoms with Gasteiger partial charge in [-0.1, -0.05) is 48.0 Å². The van der Waals surface area contributed by atoms with E-state index >= 15 is 0 Å². The number of thiazole rings is 1. The molecule has 4 rings (SSSR count). The maximum absolute atomic E-state index is 12.4. The van der Waals surface area contributed by atoms with Crippen molar-refractivity contribution in [1.82, 2.24) is 9.97 Å². The summed E-state index contributed by atoms with van der Waals surface area (Å²) in [6.45, 7) is -0.401. The van der Waals surface area contributed by atoms with Crippen LogP contribution in [-0.4, -0.2) is 28.5 Å². The fourth-order valence-electron chi connectivity index (χ4n) is 2.74. The van der Waals surface area contributed by atoms with Gasteiger partial charge in [-0.05, 0) is 23.6 Å². The van der Waals surface area contributed by atoms with Gasteiger partial charge < -0.3 is 10.1 Å². The number of halogens is 1. The molecule has 0 fully saturated rings. The van der Waals surface area contributed by atoms with E-state index in [9.17, 15) is 9.59 Å². The van der Waals surface area contributed by atoms with Crippen molar-refractivity contribution in [3.05, 3.63) is 76.1 Å². The number of thiophene rings is 1. The molecule has 1 amide bonds. The van der Waals surface area contributed by atoms with Gasteiger partial charge in [-0.25, -0.2) is 9.97 Å². The van der Waals surface area contributed by atoms with Crippen molar-refractivity contribution in [2.75, 3.05) is 11.9 Å². The lowest BCUT2D eigenvalue weighted by Crippen LogP contribution is -2.22. The second-order valence-corrected chi connectivity index (χ2v) is 8.85. The van der Waals surface area contributed by atoms with Crippen LogP contribution in [-0.2, 0) is 20.7 Å². The quantitative estimate of drug-likeness (QED) is 0.371. The SMILES string of the molecule is O=C(COC(=O)Cc1sc(-c2ccccc2)nc1-c1cccs1)Nc1ccc(Cl)cn1. The van der Waals surface area contributed by atoms with Gasteiger partial charge >= 0.3 is 5.97 Å². The van der Waals surface area contributed by atoms with Crippen molar-refractivity contribution in [2.45, 2.75) is 6.42 Å². The Morgan fingerprint density at radius 3 is 2.61 bits per heavy atom. The van der Waals surface area contributed by atoms with Crippen molar-refractivity contribution in [3.63, 3.8) is 0 Å². The topological polar surface area (TPSA) is 81.2 Å². The standard InChI is InChI=1S/C22H16ClN3O3S2/c23-15-8-9-18(24-12-15)25-19(27)13-29-20(28)11-17-21(16-7-4-10-30-16)26-22(31-17)14-5-2-1-3-6-14/h1-10,12H,11,13H2,(H,24,25,27). The zero-order valence-corrected chi connectivity index (χ0v) is 18.5. The highest BCUT2D eigenvalue weighted by Gasteiger charge is 2.19. The second kappa shape index (κ2) is 9.82. The number of carbonyl (C=O) groups excluding carboxylic acids is 2. The molecule has 0 saturated heterocycles. The third kappa shape index (κ3) is 5.55. The normalized spacial score (nSPS) is 10.6. The summed E-state index contributed by atoms with van der Waals surface area (Å²) in [5.74, 6) is -0.642. The van der Waals surface area contributed by atoms with Gasteiger partial charge in [0.15, 0.2) is 6.61 Å². The van der Waals surface area contributed by atoms with Gasteiger partial charge in [0.25, 0.3) is 5.91 Å². The van der Waals surface area contributed by atoms with Crippen LogP contribution in [0.5, 0.6) is 0 Å². The summed E-state index contributed by atoms with van der Waals surface area (Å²) in [5, 5.41) is 5.82. The molecule has 6 nitrogen and oxygen atoms in total. The van der Waals surface area contributed by atoms with Gasteiger partial charge in [0.05, 0.1) is 22.0 Å². The van der Waals surface area contributed by atoms with E-state index in [-0.39, 0.29) is 6.42 Å². The summed E-state index contributed by atoms with van der Waals surface area (Å²) in [4.78, 5) is 35.0. The van der Waals surface area contributed by atoms with E-state index in [0.717, 1.165) is 26.0 Å². The van der Waals surface area contributed by atoms with Crippen LogP contribution >= 0.6 is 34.3 Å². The molecule has 0 aliphatic carbocycles. The molecule has 0 unspecified atom stereocenters. The molecule has 0 atom stereocenters. The van der Waals surface area contributed by atoms with Crippen molar-refractivity contribution in [3.8, 4) is 21.1 Å². The number of amides is 1. The Morgan fingerprint density at radius 2 is 1.90 bits per heavy atom. The highest BCUT2D eigenvalue weighted by Crippen LogP contribution is 2.36. The molecule has 0 spiro atoms. The number of anilines is 1. The Balaban J connectivity index is 1.43. The van der Waals surface area contributed by atoms with E-state index in [0.29, 0.717) is 10.8 Å². The van der Waals surface area contributed by atoms with Crippen LogP contribution in [0, 0.1) is 0 Å². The maximum Gasteiger partial charge on any atom is 0.311 e. The molecule has 0 bridgehead atoms. The molecule has 31 heavy (non-hydrogen) atoms. The highest BCUT2D eigenvalue weighted by atomic mass is 35.5. The minimum Gasteiger partial charge on any atom is -0.455 e. The van der Waals surface area contributed by atoms with Crippen molar-refractivity contribution in [1.29, 1.82) is 0 Å². The van der Waals surface area contributed by atoms with Crippen LogP contribution < -0.4 is 5.32 Å². The van der Waals surface area contributed by atoms with Crippen LogP contribution in [0.1, 0.15) is 4.88 Å². The van der Waals surface area contributed by atoms with Crippen molar-refractivity contribution < 1.29 is 14.3 Å². The van der Waals surface area contributed by atoms with Crippen molar-refractivity contribution in [2.24, 2.45) is 0 Å². The highest BCUT2D eigenvalue weighted by molar-refractivity contribution is 7.17. The van der Waals surface area contributed by atoms with Crippen molar-refractivity contribution >= 4 is 52.0 Å². The molecule has 9 heteroatoms. The third-order valence-corrected chi connectivity index (χ3v) is 6.34. The molecule has 3 aromatic heterocycles. The van der Waals surface area contributed by atoms with E-state index in [4.69, 9.17) is 21.3 Å². The van der Waals surface area contributed by atoms with Gasteiger partial charge in [0.2, 0.25) is 0 Å². The summed E-state index contributed by atoms with van der Waals surface area (Å²) < 4.78 is 5.17. The number of carbonyl (C=O) groups is 2. The number of hydrogen-bond donors (Lipinski definition) is 1. The first kappa shape index (κ1) is 21.2. The minimum absolute atomic E-state index is 0.0320. The van der Waals surface area contributed by atoms with E-state index < -0.39 is 18.5 Å². The number of pyridine rings is 1. The number of benzene rings is 1. The summed E-state index contributed by atoms with van der Waals surface area (Å²) in [6, 6.07) is 16.9. The first-order chi connectivity index (χ1) is 15.1. The predicted octanol–water partition coefficient (Wildman–Crippen LogP) is 5.31. The Kier molecular flexibility index (Phi) is 6.71. The van der Waals surface area contributed by atoms with E-state index in [2.05, 4.69) is 10.3 Å². The molecule has 1 N–H and O–H groups in total. The lowest BCUT2D eigenvalue weighted by atomic mass is 10.2. The number of ether oxygens (including phenoxy) is 1. The maximum atomic E-state index is 12.4. The van der Waals surface area contributed by atoms with E-state index in [1.165, 1.54) is 17.5 Å². The molecular weight excluding hydrogens is 454 g/mol. The van der Waals surface area contributed by atoms with E-state index in [1.54, 1.807) is 23.5 Å². The Labute approximate surface area is 191 Å². The predicted molar refractivity (Wildman–Crippen MR) is 123 cm³/mol. The van der Waals surface area contributed by atoms with Gasteiger partial charge in [0.1, 0.15) is 10.8 Å². The number of hydrogen-bond acceptors (Lipinski definition) is 7. The monoisotopic (exact) mass is 469 g/mol. The molecule has 0 radical (unpaired) electrons. The average Bonchev–Trinajstić information content (AvgIpc) is 3.45. The third-order valence-electron chi connectivity index (χ3n) is 4.14. The van der Waals surface area contributed by atoms with Gasteiger partial charge in [0, 0.05) is 16.6 Å². The van der Waals surface area contributed by atoms with Gasteiger partial charge in [-0.3, -0.25) is 9.59 Å². The fraction of sp³-hybridized carbons (Fsp3) is 0.0909.